The van der Waals surface area contributed by atoms with Crippen LogP contribution in [0.1, 0.15) is 59.3 Å². The first kappa shape index (κ1) is 26.1. The maximum absolute atomic E-state index is 10.8. The Kier molecular flexibility index (Phi) is 12.1. The van der Waals surface area contributed by atoms with Gasteiger partial charge in [0.15, 0.2) is 5.82 Å². The molecule has 2 aromatic rings. The number of aromatic nitrogens is 3. The summed E-state index contributed by atoms with van der Waals surface area (Å²) in [5, 5.41) is 15.1. The second kappa shape index (κ2) is 14.8. The van der Waals surface area contributed by atoms with E-state index in [0.717, 1.165) is 38.5 Å². The van der Waals surface area contributed by atoms with Crippen LogP contribution < -0.4 is 5.73 Å². The fourth-order valence-corrected chi connectivity index (χ4v) is 3.02. The molecule has 32 heavy (non-hydrogen) atoms. The summed E-state index contributed by atoms with van der Waals surface area (Å²) in [7, 11) is 0. The zero-order valence-electron chi connectivity index (χ0n) is 19.6. The monoisotopic (exact) mass is 448 g/mol. The van der Waals surface area contributed by atoms with Crippen molar-refractivity contribution < 1.29 is 19.3 Å². The number of fused-ring (bicyclic) bond motifs is 1. The smallest absolute Gasteiger partial charge is 0.304 e. The van der Waals surface area contributed by atoms with E-state index in [1.165, 1.54) is 6.33 Å². The van der Waals surface area contributed by atoms with Crippen LogP contribution >= 0.6 is 0 Å². The first-order chi connectivity index (χ1) is 15.6. The average molecular weight is 449 g/mol. The summed E-state index contributed by atoms with van der Waals surface area (Å²) >= 11 is 0. The quantitative estimate of drug-likeness (QED) is 0.216. The van der Waals surface area contributed by atoms with Gasteiger partial charge in [-0.05, 0) is 25.3 Å². The Morgan fingerprint density at radius 1 is 1.06 bits per heavy atom. The van der Waals surface area contributed by atoms with Gasteiger partial charge in [-0.25, -0.2) is 4.98 Å². The maximum atomic E-state index is 10.8. The molecule has 0 saturated carbocycles. The van der Waals surface area contributed by atoms with Crippen LogP contribution in [0.4, 0.5) is 11.6 Å². The Balaban J connectivity index is 2.20. The lowest BCUT2D eigenvalue weighted by Crippen LogP contribution is -2.45. The van der Waals surface area contributed by atoms with E-state index in [2.05, 4.69) is 42.1 Å². The third-order valence-corrected chi connectivity index (χ3v) is 4.98. The van der Waals surface area contributed by atoms with Crippen molar-refractivity contribution in [2.45, 2.75) is 77.6 Å². The van der Waals surface area contributed by atoms with Gasteiger partial charge in [0.05, 0.1) is 19.3 Å². The van der Waals surface area contributed by atoms with Crippen molar-refractivity contribution in [1.82, 2.24) is 14.6 Å². The zero-order chi connectivity index (χ0) is 23.2. The Labute approximate surface area is 191 Å². The predicted molar refractivity (Wildman–Crippen MR) is 126 cm³/mol. The Morgan fingerprint density at radius 3 is 2.47 bits per heavy atom. The minimum atomic E-state index is -0.861. The number of aliphatic hydroxyl groups excluding tert-OH is 1. The third-order valence-electron chi connectivity index (χ3n) is 4.98. The van der Waals surface area contributed by atoms with Crippen molar-refractivity contribution in [3.8, 4) is 0 Å². The number of nitrogen functional groups attached to an aromatic ring is 1. The van der Waals surface area contributed by atoms with Gasteiger partial charge >= 0.3 is 5.82 Å². The van der Waals surface area contributed by atoms with E-state index >= 15 is 0 Å². The molecule has 0 saturated heterocycles. The van der Waals surface area contributed by atoms with Crippen LogP contribution in [0.2, 0.25) is 0 Å². The Bertz CT molecular complexity index is 798. The van der Waals surface area contributed by atoms with Crippen LogP contribution in [0.15, 0.2) is 23.5 Å². The molecule has 2 rings (SSSR count). The van der Waals surface area contributed by atoms with Crippen LogP contribution in [0.25, 0.3) is 5.52 Å². The minimum Gasteiger partial charge on any atom is -0.388 e. The predicted octanol–water partition coefficient (Wildman–Crippen LogP) is 3.44. The van der Waals surface area contributed by atoms with Crippen LogP contribution in [0, 0.1) is 0 Å². The summed E-state index contributed by atoms with van der Waals surface area (Å²) in [6.07, 6.45) is 8.01. The molecule has 0 bridgehead atoms. The summed E-state index contributed by atoms with van der Waals surface area (Å²) in [5.41, 5.74) is 6.57. The van der Waals surface area contributed by atoms with E-state index in [4.69, 9.17) is 19.9 Å². The lowest BCUT2D eigenvalue weighted by atomic mass is 10.1. The van der Waals surface area contributed by atoms with E-state index in [1.54, 1.807) is 16.6 Å². The third kappa shape index (κ3) is 8.07. The van der Waals surface area contributed by atoms with E-state index in [9.17, 15) is 5.11 Å². The van der Waals surface area contributed by atoms with Crippen molar-refractivity contribution in [1.29, 1.82) is 0 Å². The molecule has 9 heteroatoms. The average Bonchev–Trinajstić information content (AvgIpc) is 3.21. The van der Waals surface area contributed by atoms with Crippen molar-refractivity contribution in [2.24, 2.45) is 4.99 Å². The fourth-order valence-electron chi connectivity index (χ4n) is 3.02. The summed E-state index contributed by atoms with van der Waals surface area (Å²) < 4.78 is 19.3. The molecule has 0 aliphatic carbocycles. The first-order valence-electron chi connectivity index (χ1n) is 11.7. The molecule has 0 unspecified atom stereocenters. The lowest BCUT2D eigenvalue weighted by Gasteiger charge is -2.25. The summed E-state index contributed by atoms with van der Waals surface area (Å²) in [6, 6.07) is 3.59. The normalized spacial score (nSPS) is 14.6. The molecule has 0 aliphatic heterocycles. The van der Waals surface area contributed by atoms with Crippen molar-refractivity contribution in [3.63, 3.8) is 0 Å². The topological polar surface area (TPSA) is 116 Å². The number of nitrogens with zero attached hydrogens (tertiary/aromatic N) is 4. The molecule has 3 atom stereocenters. The highest BCUT2D eigenvalue weighted by Crippen LogP contribution is 2.20. The van der Waals surface area contributed by atoms with Gasteiger partial charge in [-0.1, -0.05) is 40.0 Å². The summed E-state index contributed by atoms with van der Waals surface area (Å²) in [5.74, 6) is 0.914. The first-order valence-corrected chi connectivity index (χ1v) is 11.7. The van der Waals surface area contributed by atoms with Crippen LogP contribution in [0.5, 0.6) is 0 Å². The number of hydrogen-bond acceptors (Lipinski definition) is 8. The summed E-state index contributed by atoms with van der Waals surface area (Å²) in [4.78, 5) is 8.46. The van der Waals surface area contributed by atoms with Gasteiger partial charge in [0.1, 0.15) is 24.1 Å². The van der Waals surface area contributed by atoms with Gasteiger partial charge in [-0.2, -0.15) is 0 Å². The zero-order valence-corrected chi connectivity index (χ0v) is 19.6. The Morgan fingerprint density at radius 2 is 1.75 bits per heavy atom. The standard InChI is InChI=1S/C23H38N5O4/c1-4-7-12-30-16-19(29)22(32-14-9-6-3)20(31-13-8-5-2)15-25-21-11-10-18-23(24)26-17-27-28(18)21/h10-11,17,19-20,22,29H,4-9,12-14,16H2,1-3H3,(H2,24,26,27)/q+1/t19-,20+,22-/m1/s1. The Hall–Kier alpha value is -2.16. The lowest BCUT2D eigenvalue weighted by molar-refractivity contribution is -0.118. The number of anilines is 1. The molecule has 0 aromatic carbocycles. The van der Waals surface area contributed by atoms with Crippen LogP contribution in [-0.2, 0) is 14.2 Å². The fraction of sp³-hybridized carbons (Fsp3) is 0.696. The van der Waals surface area contributed by atoms with E-state index in [1.807, 2.05) is 0 Å². The van der Waals surface area contributed by atoms with Gasteiger partial charge in [0.25, 0.3) is 0 Å². The van der Waals surface area contributed by atoms with Gasteiger partial charge in [0, 0.05) is 18.2 Å². The van der Waals surface area contributed by atoms with Crippen LogP contribution in [-0.4, -0.2) is 70.7 Å². The van der Waals surface area contributed by atoms with Crippen molar-refractivity contribution in [2.75, 3.05) is 32.2 Å². The number of unbranched alkanes of at least 4 members (excludes halogenated alkanes) is 3. The highest BCUT2D eigenvalue weighted by Gasteiger charge is 2.35. The second-order valence-corrected chi connectivity index (χ2v) is 7.70. The van der Waals surface area contributed by atoms with Gasteiger partial charge < -0.3 is 25.1 Å². The molecule has 0 spiro atoms. The molecular formula is C23H38N5O4+. The molecular weight excluding hydrogens is 410 g/mol. The number of nitrogens with two attached hydrogens (primary N) is 1. The molecule has 2 aromatic heterocycles. The van der Waals surface area contributed by atoms with Crippen LogP contribution in [0.3, 0.4) is 0 Å². The number of aliphatic imine (C=N–C) groups is 1. The molecule has 3 N–H and O–H groups in total. The van der Waals surface area contributed by atoms with Gasteiger partial charge in [-0.3, -0.25) is 0 Å². The number of rotatable bonds is 17. The maximum Gasteiger partial charge on any atom is 0.304 e. The molecule has 9 nitrogen and oxygen atoms in total. The van der Waals surface area contributed by atoms with E-state index in [0.29, 0.717) is 37.0 Å². The molecule has 0 aliphatic rings. The van der Waals surface area contributed by atoms with Crippen molar-refractivity contribution >= 4 is 23.4 Å². The largest absolute Gasteiger partial charge is 0.388 e. The summed E-state index contributed by atoms with van der Waals surface area (Å²) in [6.45, 7) is 8.10. The molecule has 0 fully saturated rings. The van der Waals surface area contributed by atoms with Gasteiger partial charge in [0.2, 0.25) is 12.3 Å². The highest BCUT2D eigenvalue weighted by atomic mass is 16.6. The minimum absolute atomic E-state index is 0.171. The van der Waals surface area contributed by atoms with Crippen molar-refractivity contribution in [3.05, 3.63) is 18.5 Å². The number of hydrogen-bond donors (Lipinski definition) is 2. The molecule has 178 valence electrons. The molecule has 0 radical (unpaired) electrons. The SMILES string of the molecule is CCCCOC[C@@H](O)[C@@H](OCCCC)[C@H]([C+]=Nc1ccc2c(N)ncnn12)OCCCC. The molecule has 0 amide bonds. The highest BCUT2D eigenvalue weighted by molar-refractivity contribution is 5.72. The number of ether oxygens (including phenoxy) is 3. The molecule has 2 heterocycles. The second-order valence-electron chi connectivity index (χ2n) is 7.70. The van der Waals surface area contributed by atoms with E-state index < -0.39 is 18.3 Å². The van der Waals surface area contributed by atoms with E-state index in [-0.39, 0.29) is 6.61 Å². The van der Waals surface area contributed by atoms with Gasteiger partial charge in [-0.15, -0.1) is 9.61 Å². The number of aliphatic hydroxyl groups is 1.